The molecule has 0 amide bonds. The first-order valence-corrected chi connectivity index (χ1v) is 7.87. The lowest BCUT2D eigenvalue weighted by Crippen LogP contribution is -2.45. The molecule has 1 atom stereocenters. The maximum absolute atomic E-state index is 11.9. The molecule has 0 aromatic rings. The fourth-order valence-corrected chi connectivity index (χ4v) is 2.74. The SMILES string of the molecule is CCNC(CCN(C)C1CCN(C)CC1)C(=O)OCC. The predicted molar refractivity (Wildman–Crippen MR) is 81.9 cm³/mol. The number of carbonyl (C=O) groups excluding carboxylic acids is 1. The number of esters is 1. The van der Waals surface area contributed by atoms with Crippen LogP contribution in [0.25, 0.3) is 0 Å². The van der Waals surface area contributed by atoms with Gasteiger partial charge in [-0.3, -0.25) is 4.79 Å². The third kappa shape index (κ3) is 5.77. The van der Waals surface area contributed by atoms with Crippen molar-refractivity contribution in [2.75, 3.05) is 46.9 Å². The molecule has 1 rings (SSSR count). The maximum Gasteiger partial charge on any atom is 0.323 e. The molecule has 0 aromatic carbocycles. The van der Waals surface area contributed by atoms with Crippen LogP contribution in [0.15, 0.2) is 0 Å². The fourth-order valence-electron chi connectivity index (χ4n) is 2.74. The van der Waals surface area contributed by atoms with Gasteiger partial charge < -0.3 is 19.9 Å². The Morgan fingerprint density at radius 2 is 2.05 bits per heavy atom. The third-order valence-electron chi connectivity index (χ3n) is 4.10. The molecule has 118 valence electrons. The van der Waals surface area contributed by atoms with E-state index in [-0.39, 0.29) is 12.0 Å². The molecule has 0 aromatic heterocycles. The Bertz CT molecular complexity index is 278. The lowest BCUT2D eigenvalue weighted by Gasteiger charge is -2.35. The number of hydrogen-bond donors (Lipinski definition) is 1. The van der Waals surface area contributed by atoms with Crippen LogP contribution < -0.4 is 5.32 Å². The van der Waals surface area contributed by atoms with Crippen molar-refractivity contribution in [3.8, 4) is 0 Å². The monoisotopic (exact) mass is 285 g/mol. The highest BCUT2D eigenvalue weighted by Gasteiger charge is 2.23. The van der Waals surface area contributed by atoms with Crippen LogP contribution in [0.5, 0.6) is 0 Å². The topological polar surface area (TPSA) is 44.8 Å². The van der Waals surface area contributed by atoms with E-state index >= 15 is 0 Å². The number of ether oxygens (including phenoxy) is 1. The number of likely N-dealkylation sites (tertiary alicyclic amines) is 1. The van der Waals surface area contributed by atoms with Crippen LogP contribution in [-0.4, -0.2) is 74.7 Å². The molecule has 1 fully saturated rings. The van der Waals surface area contributed by atoms with Gasteiger partial charge in [-0.05, 0) is 59.9 Å². The Kier molecular flexibility index (Phi) is 8.11. The molecule has 1 N–H and O–H groups in total. The van der Waals surface area contributed by atoms with E-state index in [1.165, 1.54) is 25.9 Å². The van der Waals surface area contributed by atoms with Crippen molar-refractivity contribution < 1.29 is 9.53 Å². The first-order valence-electron chi connectivity index (χ1n) is 7.87. The Morgan fingerprint density at radius 1 is 1.40 bits per heavy atom. The highest BCUT2D eigenvalue weighted by atomic mass is 16.5. The van der Waals surface area contributed by atoms with Gasteiger partial charge in [0.1, 0.15) is 6.04 Å². The smallest absolute Gasteiger partial charge is 0.323 e. The molecule has 0 spiro atoms. The summed E-state index contributed by atoms with van der Waals surface area (Å²) in [4.78, 5) is 16.6. The summed E-state index contributed by atoms with van der Waals surface area (Å²) in [7, 11) is 4.35. The molecule has 0 bridgehead atoms. The van der Waals surface area contributed by atoms with E-state index in [1.807, 2.05) is 13.8 Å². The van der Waals surface area contributed by atoms with E-state index < -0.39 is 0 Å². The van der Waals surface area contributed by atoms with Crippen molar-refractivity contribution in [3.05, 3.63) is 0 Å². The van der Waals surface area contributed by atoms with Crippen LogP contribution in [0, 0.1) is 0 Å². The zero-order chi connectivity index (χ0) is 15.0. The van der Waals surface area contributed by atoms with Gasteiger partial charge in [0.05, 0.1) is 6.61 Å². The zero-order valence-corrected chi connectivity index (χ0v) is 13.5. The quantitative estimate of drug-likeness (QED) is 0.673. The van der Waals surface area contributed by atoms with Gasteiger partial charge in [0, 0.05) is 12.6 Å². The summed E-state index contributed by atoms with van der Waals surface area (Å²) in [6.07, 6.45) is 3.26. The van der Waals surface area contributed by atoms with Crippen LogP contribution in [0.1, 0.15) is 33.1 Å². The molecular weight excluding hydrogens is 254 g/mol. The van der Waals surface area contributed by atoms with E-state index in [0.29, 0.717) is 12.6 Å². The van der Waals surface area contributed by atoms with E-state index in [9.17, 15) is 4.79 Å². The molecule has 5 nitrogen and oxygen atoms in total. The number of hydrogen-bond acceptors (Lipinski definition) is 5. The van der Waals surface area contributed by atoms with E-state index in [0.717, 1.165) is 19.5 Å². The Morgan fingerprint density at radius 3 is 2.60 bits per heavy atom. The Hall–Kier alpha value is -0.650. The number of carbonyl (C=O) groups is 1. The van der Waals surface area contributed by atoms with E-state index in [4.69, 9.17) is 4.74 Å². The molecule has 1 unspecified atom stereocenters. The van der Waals surface area contributed by atoms with Gasteiger partial charge in [-0.2, -0.15) is 0 Å². The number of nitrogens with zero attached hydrogens (tertiary/aromatic N) is 2. The average molecular weight is 285 g/mol. The first kappa shape index (κ1) is 17.4. The molecule has 1 aliphatic heterocycles. The van der Waals surface area contributed by atoms with E-state index in [1.54, 1.807) is 0 Å². The molecule has 1 aliphatic rings. The highest BCUT2D eigenvalue weighted by molar-refractivity contribution is 5.75. The Labute approximate surface area is 123 Å². The van der Waals surface area contributed by atoms with Crippen LogP contribution in [0.3, 0.4) is 0 Å². The molecule has 0 saturated carbocycles. The van der Waals surface area contributed by atoms with Crippen LogP contribution in [0.4, 0.5) is 0 Å². The molecule has 5 heteroatoms. The second-order valence-corrected chi connectivity index (χ2v) is 5.67. The van der Waals surface area contributed by atoms with E-state index in [2.05, 4.69) is 29.2 Å². The highest BCUT2D eigenvalue weighted by Crippen LogP contribution is 2.14. The van der Waals surface area contributed by atoms with Gasteiger partial charge in [-0.25, -0.2) is 0 Å². The predicted octanol–water partition coefficient (Wildman–Crippen LogP) is 0.944. The van der Waals surface area contributed by atoms with Crippen molar-refractivity contribution in [3.63, 3.8) is 0 Å². The van der Waals surface area contributed by atoms with Gasteiger partial charge in [0.2, 0.25) is 0 Å². The van der Waals surface area contributed by atoms with Gasteiger partial charge >= 0.3 is 5.97 Å². The maximum atomic E-state index is 11.9. The van der Waals surface area contributed by atoms with Gasteiger partial charge in [-0.15, -0.1) is 0 Å². The lowest BCUT2D eigenvalue weighted by molar-refractivity contribution is -0.145. The second kappa shape index (κ2) is 9.32. The van der Waals surface area contributed by atoms with Crippen LogP contribution in [-0.2, 0) is 9.53 Å². The molecule has 20 heavy (non-hydrogen) atoms. The van der Waals surface area contributed by atoms with Gasteiger partial charge in [-0.1, -0.05) is 6.92 Å². The number of nitrogens with one attached hydrogen (secondary N) is 1. The minimum atomic E-state index is -0.173. The summed E-state index contributed by atoms with van der Waals surface area (Å²) in [6, 6.07) is 0.476. The van der Waals surface area contributed by atoms with Crippen molar-refractivity contribution in [1.82, 2.24) is 15.1 Å². The van der Waals surface area contributed by atoms with Crippen molar-refractivity contribution in [2.45, 2.75) is 45.2 Å². The van der Waals surface area contributed by atoms with Crippen LogP contribution in [0.2, 0.25) is 0 Å². The molecule has 1 heterocycles. The number of piperidine rings is 1. The minimum absolute atomic E-state index is 0.119. The standard InChI is InChI=1S/C15H31N3O2/c1-5-16-14(15(19)20-6-2)9-12-18(4)13-7-10-17(3)11-8-13/h13-14,16H,5-12H2,1-4H3. The lowest BCUT2D eigenvalue weighted by atomic mass is 10.0. The fraction of sp³-hybridized carbons (Fsp3) is 0.933. The zero-order valence-electron chi connectivity index (χ0n) is 13.5. The van der Waals surface area contributed by atoms with Gasteiger partial charge in [0.25, 0.3) is 0 Å². The summed E-state index contributed by atoms with van der Waals surface area (Å²) < 4.78 is 5.12. The first-order chi connectivity index (χ1) is 9.58. The summed E-state index contributed by atoms with van der Waals surface area (Å²) in [5.74, 6) is -0.119. The minimum Gasteiger partial charge on any atom is -0.465 e. The average Bonchev–Trinajstić information content (AvgIpc) is 2.44. The number of rotatable bonds is 8. The summed E-state index contributed by atoms with van der Waals surface area (Å²) in [5, 5.41) is 3.22. The molecule has 0 radical (unpaired) electrons. The second-order valence-electron chi connectivity index (χ2n) is 5.67. The Balaban J connectivity index is 2.35. The molecular formula is C15H31N3O2. The molecule has 0 aliphatic carbocycles. The molecule has 1 saturated heterocycles. The van der Waals surface area contributed by atoms with Crippen molar-refractivity contribution in [2.24, 2.45) is 0 Å². The normalized spacial score (nSPS) is 19.2. The summed E-state index contributed by atoms with van der Waals surface area (Å²) in [5.41, 5.74) is 0. The summed E-state index contributed by atoms with van der Waals surface area (Å²) >= 11 is 0. The van der Waals surface area contributed by atoms with Crippen LogP contribution >= 0.6 is 0 Å². The van der Waals surface area contributed by atoms with Crippen molar-refractivity contribution in [1.29, 1.82) is 0 Å². The largest absolute Gasteiger partial charge is 0.465 e. The van der Waals surface area contributed by atoms with Crippen molar-refractivity contribution >= 4 is 5.97 Å². The number of likely N-dealkylation sites (N-methyl/N-ethyl adjacent to an activating group) is 1. The summed E-state index contributed by atoms with van der Waals surface area (Å²) in [6.45, 7) is 8.39. The van der Waals surface area contributed by atoms with Gasteiger partial charge in [0.15, 0.2) is 0 Å². The third-order valence-corrected chi connectivity index (χ3v) is 4.10.